The summed E-state index contributed by atoms with van der Waals surface area (Å²) in [5.41, 5.74) is 0.747. The number of nitrogens with one attached hydrogen (secondary N) is 1. The zero-order valence-electron chi connectivity index (χ0n) is 17.8. The van der Waals surface area contributed by atoms with Crippen LogP contribution in [0.1, 0.15) is 23.6 Å². The number of hydrogen-bond acceptors (Lipinski definition) is 3. The van der Waals surface area contributed by atoms with Crippen molar-refractivity contribution in [1.82, 2.24) is 5.32 Å². The molecule has 3 aromatic rings. The van der Waals surface area contributed by atoms with Crippen LogP contribution in [-0.4, -0.2) is 20.9 Å². The molecule has 0 aliphatic heterocycles. The second kappa shape index (κ2) is 10.1. The van der Waals surface area contributed by atoms with Gasteiger partial charge < -0.3 is 5.32 Å². The normalized spacial score (nSPS) is 11.8. The number of anilines is 1. The van der Waals surface area contributed by atoms with Crippen LogP contribution in [0.4, 0.5) is 18.9 Å². The Morgan fingerprint density at radius 2 is 1.58 bits per heavy atom. The fourth-order valence-corrected chi connectivity index (χ4v) is 4.62. The topological polar surface area (TPSA) is 66.5 Å². The predicted molar refractivity (Wildman–Crippen MR) is 120 cm³/mol. The molecular formula is C24H23F3N2O3S. The number of sulfonamides is 1. The van der Waals surface area contributed by atoms with Gasteiger partial charge in [-0.05, 0) is 53.9 Å². The summed E-state index contributed by atoms with van der Waals surface area (Å²) in [6.07, 6.45) is -3.73. The Morgan fingerprint density at radius 1 is 0.909 bits per heavy atom. The van der Waals surface area contributed by atoms with E-state index < -0.39 is 34.2 Å². The maximum Gasteiger partial charge on any atom is 0.416 e. The van der Waals surface area contributed by atoms with Gasteiger partial charge in [-0.2, -0.15) is 13.2 Å². The number of nitrogens with zero attached hydrogens (tertiary/aromatic N) is 1. The Labute approximate surface area is 190 Å². The highest BCUT2D eigenvalue weighted by Gasteiger charge is 2.30. The number of amides is 1. The van der Waals surface area contributed by atoms with Gasteiger partial charge >= 0.3 is 6.18 Å². The van der Waals surface area contributed by atoms with Crippen LogP contribution in [0.5, 0.6) is 0 Å². The lowest BCUT2D eigenvalue weighted by Gasteiger charge is -2.24. The van der Waals surface area contributed by atoms with Crippen molar-refractivity contribution < 1.29 is 26.4 Å². The summed E-state index contributed by atoms with van der Waals surface area (Å²) in [7, 11) is -4.05. The first kappa shape index (κ1) is 24.3. The molecule has 0 unspecified atom stereocenters. The molecule has 0 radical (unpaired) electrons. The van der Waals surface area contributed by atoms with E-state index in [0.717, 1.165) is 28.4 Å². The second-order valence-corrected chi connectivity index (χ2v) is 9.18. The summed E-state index contributed by atoms with van der Waals surface area (Å²) in [6.45, 7) is 1.27. The molecule has 0 spiro atoms. The molecule has 0 saturated carbocycles. The lowest BCUT2D eigenvalue weighted by molar-refractivity contribution is -0.137. The van der Waals surface area contributed by atoms with Crippen LogP contribution < -0.4 is 9.62 Å². The quantitative estimate of drug-likeness (QED) is 0.509. The second-order valence-electron chi connectivity index (χ2n) is 7.32. The van der Waals surface area contributed by atoms with Crippen LogP contribution in [0, 0.1) is 0 Å². The van der Waals surface area contributed by atoms with Gasteiger partial charge in [-0.3, -0.25) is 9.10 Å². The number of alkyl halides is 3. The molecule has 1 N–H and O–H groups in total. The highest BCUT2D eigenvalue weighted by atomic mass is 32.2. The molecule has 3 rings (SSSR count). The minimum Gasteiger partial charge on any atom is -0.350 e. The zero-order valence-corrected chi connectivity index (χ0v) is 18.7. The van der Waals surface area contributed by atoms with Gasteiger partial charge in [-0.25, -0.2) is 8.42 Å². The van der Waals surface area contributed by atoms with Gasteiger partial charge in [-0.1, -0.05) is 49.4 Å². The smallest absolute Gasteiger partial charge is 0.350 e. The lowest BCUT2D eigenvalue weighted by Crippen LogP contribution is -2.40. The van der Waals surface area contributed by atoms with E-state index in [1.807, 2.05) is 6.92 Å². The van der Waals surface area contributed by atoms with Crippen molar-refractivity contribution >= 4 is 21.6 Å². The SMILES string of the molecule is CCc1ccc(N(CC(=O)NCc2cccc(C(F)(F)F)c2)S(=O)(=O)c2ccccc2)cc1. The maximum absolute atomic E-state index is 13.3. The van der Waals surface area contributed by atoms with Crippen molar-refractivity contribution in [2.45, 2.75) is 31.0 Å². The van der Waals surface area contributed by atoms with E-state index >= 15 is 0 Å². The number of carbonyl (C=O) groups excluding carboxylic acids is 1. The molecule has 0 bridgehead atoms. The Kier molecular flexibility index (Phi) is 7.43. The standard InChI is InChI=1S/C24H23F3N2O3S/c1-2-18-11-13-21(14-12-18)29(33(31,32)22-9-4-3-5-10-22)17-23(30)28-16-19-7-6-8-20(15-19)24(25,26)27/h3-15H,2,16-17H2,1H3,(H,28,30). The highest BCUT2D eigenvalue weighted by Crippen LogP contribution is 2.29. The molecule has 0 heterocycles. The van der Waals surface area contributed by atoms with E-state index in [2.05, 4.69) is 5.32 Å². The number of carbonyl (C=O) groups is 1. The number of aryl methyl sites for hydroxylation is 1. The highest BCUT2D eigenvalue weighted by molar-refractivity contribution is 7.92. The first-order chi connectivity index (χ1) is 15.6. The summed E-state index contributed by atoms with van der Waals surface area (Å²) < 4.78 is 66.3. The molecule has 0 aliphatic carbocycles. The minimum absolute atomic E-state index is 0.0234. The summed E-state index contributed by atoms with van der Waals surface area (Å²) in [6, 6.07) is 19.1. The van der Waals surface area contributed by atoms with Gasteiger partial charge in [-0.15, -0.1) is 0 Å². The van der Waals surface area contributed by atoms with Crippen molar-refractivity contribution in [3.63, 3.8) is 0 Å². The molecule has 1 amide bonds. The fraction of sp³-hybridized carbons (Fsp3) is 0.208. The monoisotopic (exact) mass is 476 g/mol. The van der Waals surface area contributed by atoms with Crippen molar-refractivity contribution in [2.24, 2.45) is 0 Å². The molecule has 0 atom stereocenters. The summed E-state index contributed by atoms with van der Waals surface area (Å²) >= 11 is 0. The number of rotatable bonds is 8. The predicted octanol–water partition coefficient (Wildman–Crippen LogP) is 4.78. The summed E-state index contributed by atoms with van der Waals surface area (Å²) in [4.78, 5) is 12.7. The molecule has 5 nitrogen and oxygen atoms in total. The van der Waals surface area contributed by atoms with Crippen molar-refractivity contribution in [3.05, 3.63) is 95.6 Å². The van der Waals surface area contributed by atoms with Crippen molar-refractivity contribution in [2.75, 3.05) is 10.8 Å². The van der Waals surface area contributed by atoms with Crippen molar-refractivity contribution in [3.8, 4) is 0 Å². The van der Waals surface area contributed by atoms with Gasteiger partial charge in [0.1, 0.15) is 6.54 Å². The van der Waals surface area contributed by atoms with Crippen LogP contribution in [0.15, 0.2) is 83.8 Å². The molecule has 174 valence electrons. The average molecular weight is 477 g/mol. The lowest BCUT2D eigenvalue weighted by atomic mass is 10.1. The van der Waals surface area contributed by atoms with E-state index in [4.69, 9.17) is 0 Å². The minimum atomic E-state index is -4.49. The van der Waals surface area contributed by atoms with Gasteiger partial charge in [0, 0.05) is 6.54 Å². The molecule has 9 heteroatoms. The molecule has 0 aromatic heterocycles. The molecule has 0 saturated heterocycles. The zero-order chi connectivity index (χ0) is 24.1. The Hall–Kier alpha value is -3.33. The fourth-order valence-electron chi connectivity index (χ4n) is 3.18. The van der Waals surface area contributed by atoms with Crippen LogP contribution in [-0.2, 0) is 34.0 Å². The largest absolute Gasteiger partial charge is 0.416 e. The van der Waals surface area contributed by atoms with Crippen LogP contribution in [0.25, 0.3) is 0 Å². The average Bonchev–Trinajstić information content (AvgIpc) is 2.81. The van der Waals surface area contributed by atoms with Gasteiger partial charge in [0.15, 0.2) is 0 Å². The number of benzene rings is 3. The van der Waals surface area contributed by atoms with E-state index in [9.17, 15) is 26.4 Å². The third-order valence-electron chi connectivity index (χ3n) is 4.99. The number of hydrogen-bond donors (Lipinski definition) is 1. The van der Waals surface area contributed by atoms with Crippen LogP contribution in [0.2, 0.25) is 0 Å². The first-order valence-corrected chi connectivity index (χ1v) is 11.6. The van der Waals surface area contributed by atoms with E-state index in [-0.39, 0.29) is 17.0 Å². The molecule has 3 aromatic carbocycles. The molecular weight excluding hydrogens is 453 g/mol. The summed E-state index contributed by atoms with van der Waals surface area (Å²) in [5, 5.41) is 2.51. The van der Waals surface area contributed by atoms with Gasteiger partial charge in [0.2, 0.25) is 5.91 Å². The third-order valence-corrected chi connectivity index (χ3v) is 6.78. The van der Waals surface area contributed by atoms with E-state index in [1.54, 1.807) is 42.5 Å². The number of halogens is 3. The third kappa shape index (κ3) is 6.13. The molecule has 0 fully saturated rings. The maximum atomic E-state index is 13.3. The van der Waals surface area contributed by atoms with E-state index in [1.165, 1.54) is 24.3 Å². The van der Waals surface area contributed by atoms with Crippen LogP contribution in [0.3, 0.4) is 0 Å². The Balaban J connectivity index is 1.82. The van der Waals surface area contributed by atoms with E-state index in [0.29, 0.717) is 5.69 Å². The Morgan fingerprint density at radius 3 is 2.18 bits per heavy atom. The van der Waals surface area contributed by atoms with Gasteiger partial charge in [0.25, 0.3) is 10.0 Å². The van der Waals surface area contributed by atoms with Crippen molar-refractivity contribution in [1.29, 1.82) is 0 Å². The Bertz CT molecular complexity index is 1200. The summed E-state index contributed by atoms with van der Waals surface area (Å²) in [5.74, 6) is -0.647. The van der Waals surface area contributed by atoms with Gasteiger partial charge in [0.05, 0.1) is 16.1 Å². The molecule has 33 heavy (non-hydrogen) atoms. The first-order valence-electron chi connectivity index (χ1n) is 10.2. The van der Waals surface area contributed by atoms with Crippen LogP contribution >= 0.6 is 0 Å². The molecule has 0 aliphatic rings.